The number of amides is 1. The summed E-state index contributed by atoms with van der Waals surface area (Å²) in [6.07, 6.45) is 4.56. The van der Waals surface area contributed by atoms with Crippen LogP contribution in [-0.4, -0.2) is 46.5 Å². The fourth-order valence-electron chi connectivity index (χ4n) is 2.19. The van der Waals surface area contributed by atoms with Gasteiger partial charge in [0.25, 0.3) is 5.91 Å². The maximum Gasteiger partial charge on any atom is 0.265 e. The summed E-state index contributed by atoms with van der Waals surface area (Å²) in [7, 11) is 0. The molecule has 0 atom stereocenters. The largest absolute Gasteiger partial charge is 0.380 e. The SMILES string of the molecule is Cc1c(C(=O)N2CCCOCC2)sc2nccn12. The zero-order valence-electron chi connectivity index (χ0n) is 10.3. The van der Waals surface area contributed by atoms with Gasteiger partial charge < -0.3 is 9.64 Å². The fourth-order valence-corrected chi connectivity index (χ4v) is 3.24. The number of fused-ring (bicyclic) bond motifs is 1. The predicted molar refractivity (Wildman–Crippen MR) is 69.1 cm³/mol. The van der Waals surface area contributed by atoms with Crippen LogP contribution in [0.15, 0.2) is 12.4 Å². The maximum atomic E-state index is 12.5. The van der Waals surface area contributed by atoms with Gasteiger partial charge in [0, 0.05) is 37.8 Å². The quantitative estimate of drug-likeness (QED) is 0.786. The first-order valence-electron chi connectivity index (χ1n) is 6.07. The number of imidazole rings is 1. The molecule has 0 radical (unpaired) electrons. The normalized spacial score (nSPS) is 17.1. The maximum absolute atomic E-state index is 12.5. The van der Waals surface area contributed by atoms with E-state index >= 15 is 0 Å². The van der Waals surface area contributed by atoms with Gasteiger partial charge in [-0.25, -0.2) is 4.98 Å². The van der Waals surface area contributed by atoms with E-state index in [1.165, 1.54) is 11.3 Å². The summed E-state index contributed by atoms with van der Waals surface area (Å²) >= 11 is 1.46. The van der Waals surface area contributed by atoms with E-state index < -0.39 is 0 Å². The molecule has 1 saturated heterocycles. The van der Waals surface area contributed by atoms with Crippen molar-refractivity contribution in [3.05, 3.63) is 23.0 Å². The molecule has 18 heavy (non-hydrogen) atoms. The van der Waals surface area contributed by atoms with Gasteiger partial charge in [-0.3, -0.25) is 9.20 Å². The van der Waals surface area contributed by atoms with Gasteiger partial charge in [0.1, 0.15) is 4.88 Å². The number of thiazole rings is 1. The van der Waals surface area contributed by atoms with Crippen molar-refractivity contribution in [1.82, 2.24) is 14.3 Å². The first-order valence-corrected chi connectivity index (χ1v) is 6.88. The topological polar surface area (TPSA) is 46.8 Å². The molecule has 2 aromatic heterocycles. The molecule has 0 aromatic carbocycles. The molecule has 3 rings (SSSR count). The third-order valence-electron chi connectivity index (χ3n) is 3.19. The second-order valence-electron chi connectivity index (χ2n) is 4.35. The molecule has 96 valence electrons. The van der Waals surface area contributed by atoms with Crippen LogP contribution < -0.4 is 0 Å². The van der Waals surface area contributed by atoms with E-state index in [0.717, 1.165) is 35.1 Å². The molecule has 1 amide bonds. The molecule has 0 unspecified atom stereocenters. The van der Waals surface area contributed by atoms with E-state index in [1.54, 1.807) is 6.20 Å². The average molecular weight is 265 g/mol. The van der Waals surface area contributed by atoms with Crippen LogP contribution in [0, 0.1) is 6.92 Å². The van der Waals surface area contributed by atoms with Crippen molar-refractivity contribution in [3.63, 3.8) is 0 Å². The second kappa shape index (κ2) is 4.70. The average Bonchev–Trinajstić information content (AvgIpc) is 2.82. The predicted octanol–water partition coefficient (Wildman–Crippen LogP) is 1.57. The van der Waals surface area contributed by atoms with Crippen molar-refractivity contribution in [3.8, 4) is 0 Å². The molecule has 0 saturated carbocycles. The highest BCUT2D eigenvalue weighted by atomic mass is 32.1. The lowest BCUT2D eigenvalue weighted by Gasteiger charge is -2.18. The van der Waals surface area contributed by atoms with E-state index in [-0.39, 0.29) is 5.91 Å². The molecule has 0 spiro atoms. The minimum Gasteiger partial charge on any atom is -0.380 e. The third kappa shape index (κ3) is 1.91. The minimum absolute atomic E-state index is 0.105. The van der Waals surface area contributed by atoms with Crippen LogP contribution in [0.4, 0.5) is 0 Å². The standard InChI is InChI=1S/C12H15N3O2S/c1-9-10(18-12-13-3-5-15(9)12)11(16)14-4-2-7-17-8-6-14/h3,5H,2,4,6-8H2,1H3. The molecule has 1 aliphatic heterocycles. The molecule has 5 nitrogen and oxygen atoms in total. The number of aromatic nitrogens is 2. The van der Waals surface area contributed by atoms with Crippen molar-refractivity contribution >= 4 is 22.2 Å². The van der Waals surface area contributed by atoms with Crippen LogP contribution >= 0.6 is 11.3 Å². The number of hydrogen-bond acceptors (Lipinski definition) is 4. The molecule has 1 aliphatic rings. The lowest BCUT2D eigenvalue weighted by atomic mass is 10.3. The van der Waals surface area contributed by atoms with Gasteiger partial charge in [-0.05, 0) is 13.3 Å². The van der Waals surface area contributed by atoms with Gasteiger partial charge in [-0.1, -0.05) is 11.3 Å². The zero-order valence-corrected chi connectivity index (χ0v) is 11.1. The number of hydrogen-bond donors (Lipinski definition) is 0. The number of aryl methyl sites for hydroxylation is 1. The Labute approximate surface area is 109 Å². The molecule has 3 heterocycles. The number of nitrogens with zero attached hydrogens (tertiary/aromatic N) is 3. The van der Waals surface area contributed by atoms with Gasteiger partial charge in [-0.2, -0.15) is 0 Å². The van der Waals surface area contributed by atoms with Crippen LogP contribution in [0.1, 0.15) is 21.8 Å². The Morgan fingerprint density at radius 1 is 1.44 bits per heavy atom. The molecule has 2 aromatic rings. The highest BCUT2D eigenvalue weighted by Gasteiger charge is 2.22. The van der Waals surface area contributed by atoms with Gasteiger partial charge in [0.2, 0.25) is 0 Å². The molecule has 1 fully saturated rings. The molecule has 0 N–H and O–H groups in total. The van der Waals surface area contributed by atoms with Gasteiger partial charge >= 0.3 is 0 Å². The minimum atomic E-state index is 0.105. The molecule has 0 aliphatic carbocycles. The highest BCUT2D eigenvalue weighted by molar-refractivity contribution is 7.19. The Morgan fingerprint density at radius 3 is 3.17 bits per heavy atom. The Bertz CT molecular complexity index is 567. The summed E-state index contributed by atoms with van der Waals surface area (Å²) in [4.78, 5) is 20.3. The van der Waals surface area contributed by atoms with Crippen molar-refractivity contribution < 1.29 is 9.53 Å². The highest BCUT2D eigenvalue weighted by Crippen LogP contribution is 2.23. The van der Waals surface area contributed by atoms with E-state index in [0.29, 0.717) is 13.2 Å². The van der Waals surface area contributed by atoms with Crippen LogP contribution in [0.3, 0.4) is 0 Å². The summed E-state index contributed by atoms with van der Waals surface area (Å²) in [6.45, 7) is 4.80. The second-order valence-corrected chi connectivity index (χ2v) is 5.33. The Morgan fingerprint density at radius 2 is 2.33 bits per heavy atom. The number of carbonyl (C=O) groups is 1. The summed E-state index contributed by atoms with van der Waals surface area (Å²) in [5.74, 6) is 0.105. The molecule has 0 bridgehead atoms. The Kier molecular flexibility index (Phi) is 3.05. The summed E-state index contributed by atoms with van der Waals surface area (Å²) < 4.78 is 7.34. The van der Waals surface area contributed by atoms with Crippen LogP contribution in [-0.2, 0) is 4.74 Å². The van der Waals surface area contributed by atoms with Crippen molar-refractivity contribution in [2.24, 2.45) is 0 Å². The fraction of sp³-hybridized carbons (Fsp3) is 0.500. The number of ether oxygens (including phenoxy) is 1. The first-order chi connectivity index (χ1) is 8.77. The third-order valence-corrected chi connectivity index (χ3v) is 4.35. The van der Waals surface area contributed by atoms with E-state index in [2.05, 4.69) is 4.98 Å². The van der Waals surface area contributed by atoms with Crippen LogP contribution in [0.25, 0.3) is 4.96 Å². The molecular formula is C12H15N3O2S. The summed E-state index contributed by atoms with van der Waals surface area (Å²) in [5.41, 5.74) is 0.975. The van der Waals surface area contributed by atoms with Crippen molar-refractivity contribution in [1.29, 1.82) is 0 Å². The lowest BCUT2D eigenvalue weighted by Crippen LogP contribution is -2.33. The smallest absolute Gasteiger partial charge is 0.265 e. The molecular weight excluding hydrogens is 250 g/mol. The van der Waals surface area contributed by atoms with Crippen molar-refractivity contribution in [2.45, 2.75) is 13.3 Å². The number of carbonyl (C=O) groups excluding carboxylic acids is 1. The monoisotopic (exact) mass is 265 g/mol. The summed E-state index contributed by atoms with van der Waals surface area (Å²) in [5, 5.41) is 0. The van der Waals surface area contributed by atoms with E-state index in [9.17, 15) is 4.79 Å². The number of rotatable bonds is 1. The van der Waals surface area contributed by atoms with Gasteiger partial charge in [0.15, 0.2) is 4.96 Å². The zero-order chi connectivity index (χ0) is 12.5. The van der Waals surface area contributed by atoms with E-state index in [1.807, 2.05) is 22.4 Å². The first kappa shape index (κ1) is 11.7. The van der Waals surface area contributed by atoms with Gasteiger partial charge in [0.05, 0.1) is 6.61 Å². The van der Waals surface area contributed by atoms with E-state index in [4.69, 9.17) is 4.74 Å². The summed E-state index contributed by atoms with van der Waals surface area (Å²) in [6, 6.07) is 0. The molecule has 6 heteroatoms. The van der Waals surface area contributed by atoms with Crippen LogP contribution in [0.2, 0.25) is 0 Å². The Balaban J connectivity index is 1.90. The Hall–Kier alpha value is -1.40. The van der Waals surface area contributed by atoms with Crippen molar-refractivity contribution in [2.75, 3.05) is 26.3 Å². The lowest BCUT2D eigenvalue weighted by molar-refractivity contribution is 0.0745. The van der Waals surface area contributed by atoms with Gasteiger partial charge in [-0.15, -0.1) is 0 Å². The van der Waals surface area contributed by atoms with Crippen LogP contribution in [0.5, 0.6) is 0 Å².